The molecule has 2 heterocycles. The molecule has 1 aliphatic rings. The van der Waals surface area contributed by atoms with Gasteiger partial charge in [0.25, 0.3) is 0 Å². The van der Waals surface area contributed by atoms with Crippen molar-refractivity contribution in [1.82, 2.24) is 14.5 Å². The Hall–Kier alpha value is -2.62. The monoisotopic (exact) mass is 375 g/mol. The Morgan fingerprint density at radius 3 is 2.57 bits per heavy atom. The molecule has 0 aliphatic carbocycles. The van der Waals surface area contributed by atoms with Gasteiger partial charge in [0.15, 0.2) is 0 Å². The average Bonchev–Trinajstić information content (AvgIpc) is 3.02. The van der Waals surface area contributed by atoms with Crippen LogP contribution in [0.5, 0.6) is 0 Å². The first-order valence-corrected chi connectivity index (χ1v) is 10.3. The number of imidazole rings is 1. The molecule has 1 fully saturated rings. The molecule has 0 saturated carbocycles. The van der Waals surface area contributed by atoms with Gasteiger partial charge in [-0.1, -0.05) is 30.3 Å². The van der Waals surface area contributed by atoms with Crippen molar-refractivity contribution in [1.29, 1.82) is 0 Å². The zero-order valence-electron chi connectivity index (χ0n) is 17.1. The molecule has 3 aromatic rings. The van der Waals surface area contributed by atoms with E-state index in [4.69, 9.17) is 4.98 Å². The summed E-state index contributed by atoms with van der Waals surface area (Å²) < 4.78 is 2.39. The van der Waals surface area contributed by atoms with E-state index in [1.807, 2.05) is 0 Å². The van der Waals surface area contributed by atoms with Crippen molar-refractivity contribution < 1.29 is 4.79 Å². The van der Waals surface area contributed by atoms with Crippen LogP contribution in [0.2, 0.25) is 0 Å². The molecule has 0 N–H and O–H groups in total. The van der Waals surface area contributed by atoms with Crippen LogP contribution < -0.4 is 0 Å². The summed E-state index contributed by atoms with van der Waals surface area (Å²) in [5, 5.41) is 0. The number of aryl methyl sites for hydroxylation is 4. The number of piperidine rings is 1. The number of benzene rings is 2. The number of fused-ring (bicyclic) bond motifs is 1. The number of rotatable bonds is 4. The van der Waals surface area contributed by atoms with Crippen LogP contribution in [0.4, 0.5) is 0 Å². The molecule has 1 aromatic heterocycles. The summed E-state index contributed by atoms with van der Waals surface area (Å²) in [6.45, 7) is 8.01. The quantitative estimate of drug-likeness (QED) is 0.659. The second-order valence-corrected chi connectivity index (χ2v) is 8.06. The molecule has 4 heteroatoms. The average molecular weight is 376 g/mol. The first kappa shape index (κ1) is 18.7. The molecular weight excluding hydrogens is 346 g/mol. The summed E-state index contributed by atoms with van der Waals surface area (Å²) in [7, 11) is 0. The minimum Gasteiger partial charge on any atom is -0.343 e. The maximum atomic E-state index is 12.7. The lowest BCUT2D eigenvalue weighted by Gasteiger charge is -2.33. The third-order valence-electron chi connectivity index (χ3n) is 6.07. The standard InChI is InChI=1S/C24H29N3O/c1-17-8-10-22-23(16-17)27(19(3)25-22)21-12-14-26(15-13-21)24(28)11-9-20-7-5-4-6-18(20)2/h4-8,10,16,21H,9,11-15H2,1-3H3. The van der Waals surface area contributed by atoms with Gasteiger partial charge in [0.1, 0.15) is 5.82 Å². The fourth-order valence-electron chi connectivity index (χ4n) is 4.45. The largest absolute Gasteiger partial charge is 0.343 e. The number of nitrogens with zero attached hydrogens (tertiary/aromatic N) is 3. The van der Waals surface area contributed by atoms with Crippen molar-refractivity contribution in [3.05, 3.63) is 65.0 Å². The van der Waals surface area contributed by atoms with E-state index in [1.165, 1.54) is 22.2 Å². The van der Waals surface area contributed by atoms with Crippen LogP contribution in [-0.4, -0.2) is 33.4 Å². The van der Waals surface area contributed by atoms with Crippen LogP contribution in [-0.2, 0) is 11.2 Å². The summed E-state index contributed by atoms with van der Waals surface area (Å²) in [6, 6.07) is 15.2. The van der Waals surface area contributed by atoms with Crippen LogP contribution in [0.15, 0.2) is 42.5 Å². The molecule has 2 aromatic carbocycles. The molecule has 0 atom stereocenters. The Balaban J connectivity index is 1.40. The molecule has 4 nitrogen and oxygen atoms in total. The summed E-state index contributed by atoms with van der Waals surface area (Å²) in [4.78, 5) is 19.5. The van der Waals surface area contributed by atoms with Crippen LogP contribution >= 0.6 is 0 Å². The molecule has 0 unspecified atom stereocenters. The van der Waals surface area contributed by atoms with Crippen molar-refractivity contribution in [2.45, 2.75) is 52.5 Å². The molecule has 28 heavy (non-hydrogen) atoms. The van der Waals surface area contributed by atoms with Crippen LogP contribution in [0, 0.1) is 20.8 Å². The van der Waals surface area contributed by atoms with Crippen molar-refractivity contribution in [3.63, 3.8) is 0 Å². The lowest BCUT2D eigenvalue weighted by molar-refractivity contribution is -0.132. The number of carbonyl (C=O) groups excluding carboxylic acids is 1. The Morgan fingerprint density at radius 1 is 1.07 bits per heavy atom. The molecule has 4 rings (SSSR count). The summed E-state index contributed by atoms with van der Waals surface area (Å²) in [5.74, 6) is 1.36. The van der Waals surface area contributed by atoms with Gasteiger partial charge < -0.3 is 9.47 Å². The lowest BCUT2D eigenvalue weighted by Crippen LogP contribution is -2.39. The molecule has 0 radical (unpaired) electrons. The molecule has 1 amide bonds. The number of hydrogen-bond acceptors (Lipinski definition) is 2. The molecule has 146 valence electrons. The molecule has 1 saturated heterocycles. The molecule has 0 spiro atoms. The molecule has 0 bridgehead atoms. The van der Waals surface area contributed by atoms with Gasteiger partial charge in [-0.3, -0.25) is 4.79 Å². The Morgan fingerprint density at radius 2 is 1.82 bits per heavy atom. The van der Waals surface area contributed by atoms with E-state index in [0.29, 0.717) is 12.5 Å². The number of hydrogen-bond donors (Lipinski definition) is 0. The van der Waals surface area contributed by atoms with Crippen LogP contribution in [0.25, 0.3) is 11.0 Å². The normalized spacial score (nSPS) is 15.3. The smallest absolute Gasteiger partial charge is 0.222 e. The summed E-state index contributed by atoms with van der Waals surface area (Å²) >= 11 is 0. The van der Waals surface area contributed by atoms with Crippen molar-refractivity contribution in [2.75, 3.05) is 13.1 Å². The summed E-state index contributed by atoms with van der Waals surface area (Å²) in [6.07, 6.45) is 3.42. The number of likely N-dealkylation sites (tertiary alicyclic amines) is 1. The van der Waals surface area contributed by atoms with E-state index in [2.05, 4.69) is 72.7 Å². The highest BCUT2D eigenvalue weighted by atomic mass is 16.2. The van der Waals surface area contributed by atoms with Gasteiger partial charge in [0, 0.05) is 25.6 Å². The first-order valence-electron chi connectivity index (χ1n) is 10.3. The predicted octanol–water partition coefficient (Wildman–Crippen LogP) is 4.76. The Labute approximate surface area is 167 Å². The SMILES string of the molecule is Cc1ccc2nc(C)n(C3CCN(C(=O)CCc4ccccc4C)CC3)c2c1. The predicted molar refractivity (Wildman–Crippen MR) is 114 cm³/mol. The highest BCUT2D eigenvalue weighted by molar-refractivity contribution is 5.78. The minimum atomic E-state index is 0.282. The van der Waals surface area contributed by atoms with Gasteiger partial charge in [-0.2, -0.15) is 0 Å². The number of carbonyl (C=O) groups is 1. The van der Waals surface area contributed by atoms with Crippen LogP contribution in [0.3, 0.4) is 0 Å². The maximum absolute atomic E-state index is 12.7. The number of amides is 1. The Kier molecular flexibility index (Phi) is 5.21. The fourth-order valence-corrected chi connectivity index (χ4v) is 4.45. The molecular formula is C24H29N3O. The zero-order valence-corrected chi connectivity index (χ0v) is 17.1. The van der Waals surface area contributed by atoms with E-state index in [-0.39, 0.29) is 5.91 Å². The third-order valence-corrected chi connectivity index (χ3v) is 6.07. The van der Waals surface area contributed by atoms with Gasteiger partial charge in [-0.25, -0.2) is 4.98 Å². The van der Waals surface area contributed by atoms with E-state index in [9.17, 15) is 4.79 Å². The third kappa shape index (κ3) is 3.68. The van der Waals surface area contributed by atoms with E-state index >= 15 is 0 Å². The lowest BCUT2D eigenvalue weighted by atomic mass is 10.0. The van der Waals surface area contributed by atoms with Crippen molar-refractivity contribution in [3.8, 4) is 0 Å². The molecule has 1 aliphatic heterocycles. The topological polar surface area (TPSA) is 38.1 Å². The van der Waals surface area contributed by atoms with E-state index in [1.54, 1.807) is 0 Å². The fraction of sp³-hybridized carbons (Fsp3) is 0.417. The van der Waals surface area contributed by atoms with Crippen molar-refractivity contribution >= 4 is 16.9 Å². The second kappa shape index (κ2) is 7.78. The van der Waals surface area contributed by atoms with Gasteiger partial charge in [-0.15, -0.1) is 0 Å². The Bertz CT molecular complexity index is 996. The van der Waals surface area contributed by atoms with E-state index < -0.39 is 0 Å². The van der Waals surface area contributed by atoms with Gasteiger partial charge >= 0.3 is 0 Å². The minimum absolute atomic E-state index is 0.282. The van der Waals surface area contributed by atoms with Crippen molar-refractivity contribution in [2.24, 2.45) is 0 Å². The number of aromatic nitrogens is 2. The first-order chi connectivity index (χ1) is 13.5. The highest BCUT2D eigenvalue weighted by Crippen LogP contribution is 2.29. The second-order valence-electron chi connectivity index (χ2n) is 8.06. The zero-order chi connectivity index (χ0) is 19.7. The van der Waals surface area contributed by atoms with Gasteiger partial charge in [0.05, 0.1) is 11.0 Å². The van der Waals surface area contributed by atoms with Gasteiger partial charge in [0.2, 0.25) is 5.91 Å². The van der Waals surface area contributed by atoms with Crippen LogP contribution in [0.1, 0.15) is 47.8 Å². The summed E-state index contributed by atoms with van der Waals surface area (Å²) in [5.41, 5.74) is 6.10. The van der Waals surface area contributed by atoms with E-state index in [0.717, 1.165) is 43.7 Å². The highest BCUT2D eigenvalue weighted by Gasteiger charge is 2.25. The maximum Gasteiger partial charge on any atom is 0.222 e. The van der Waals surface area contributed by atoms with Gasteiger partial charge in [-0.05, 0) is 68.9 Å².